The normalized spacial score (nSPS) is 43.6. The van der Waals surface area contributed by atoms with Crippen molar-refractivity contribution in [3.05, 3.63) is 0 Å². The van der Waals surface area contributed by atoms with E-state index in [1.807, 2.05) is 6.92 Å². The number of alkyl halides is 2. The van der Waals surface area contributed by atoms with Crippen LogP contribution in [0.1, 0.15) is 97.3 Å². The quantitative estimate of drug-likeness (QED) is 0.448. The van der Waals surface area contributed by atoms with Crippen LogP contribution in [0.15, 0.2) is 0 Å². The number of ether oxygens (including phenoxy) is 1. The summed E-state index contributed by atoms with van der Waals surface area (Å²) in [6.07, 6.45) is 12.3. The molecule has 0 aromatic heterocycles. The third-order valence-electron chi connectivity index (χ3n) is 8.07. The van der Waals surface area contributed by atoms with Crippen molar-refractivity contribution in [3.8, 4) is 0 Å². The highest BCUT2D eigenvalue weighted by Gasteiger charge is 2.45. The Hall–Kier alpha value is -0.180. The predicted octanol–water partition coefficient (Wildman–Crippen LogP) is 7.28. The molecule has 3 saturated carbocycles. The minimum atomic E-state index is -1.41. The largest absolute Gasteiger partial charge is 0.375 e. The van der Waals surface area contributed by atoms with Crippen LogP contribution in [0.2, 0.25) is 0 Å². The molecule has 0 saturated heterocycles. The summed E-state index contributed by atoms with van der Waals surface area (Å²) in [7, 11) is 0. The average molecular weight is 385 g/mol. The first-order valence-corrected chi connectivity index (χ1v) is 12.0. The smallest absolute Gasteiger partial charge is 0.157 e. The molecule has 3 fully saturated rings. The van der Waals surface area contributed by atoms with Gasteiger partial charge in [-0.25, -0.2) is 8.78 Å². The summed E-state index contributed by atoms with van der Waals surface area (Å²) < 4.78 is 34.9. The third kappa shape index (κ3) is 5.46. The van der Waals surface area contributed by atoms with Crippen LogP contribution in [0.25, 0.3) is 0 Å². The molecule has 0 spiro atoms. The van der Waals surface area contributed by atoms with E-state index in [-0.39, 0.29) is 5.92 Å². The summed E-state index contributed by atoms with van der Waals surface area (Å²) in [5, 5.41) is 0. The highest BCUT2D eigenvalue weighted by atomic mass is 19.2. The molecule has 0 aromatic carbocycles. The van der Waals surface area contributed by atoms with Gasteiger partial charge in [0.1, 0.15) is 6.17 Å². The van der Waals surface area contributed by atoms with Gasteiger partial charge in [-0.2, -0.15) is 0 Å². The maximum Gasteiger partial charge on any atom is 0.157 e. The van der Waals surface area contributed by atoms with Gasteiger partial charge in [0.05, 0.1) is 6.10 Å². The van der Waals surface area contributed by atoms with Crippen LogP contribution in [-0.2, 0) is 4.74 Å². The van der Waals surface area contributed by atoms with Crippen LogP contribution in [0.4, 0.5) is 8.78 Å². The number of rotatable bonds is 7. The van der Waals surface area contributed by atoms with Crippen LogP contribution < -0.4 is 0 Å². The maximum atomic E-state index is 14.8. The molecule has 4 atom stereocenters. The number of halogens is 2. The molecule has 3 heteroatoms. The highest BCUT2D eigenvalue weighted by molar-refractivity contribution is 4.94. The summed E-state index contributed by atoms with van der Waals surface area (Å²) in [4.78, 5) is 0. The van der Waals surface area contributed by atoms with Gasteiger partial charge in [-0.15, -0.1) is 0 Å². The Labute approximate surface area is 166 Å². The van der Waals surface area contributed by atoms with Gasteiger partial charge in [-0.3, -0.25) is 0 Å². The first-order valence-electron chi connectivity index (χ1n) is 12.0. The molecule has 0 bridgehead atoms. The van der Waals surface area contributed by atoms with Gasteiger partial charge in [0.2, 0.25) is 0 Å². The topological polar surface area (TPSA) is 9.23 Å². The van der Waals surface area contributed by atoms with Crippen LogP contribution in [0.5, 0.6) is 0 Å². The van der Waals surface area contributed by atoms with Crippen molar-refractivity contribution in [1.82, 2.24) is 0 Å². The second kappa shape index (κ2) is 10.6. The fourth-order valence-corrected chi connectivity index (χ4v) is 6.46. The fourth-order valence-electron chi connectivity index (χ4n) is 6.46. The second-order valence-electron chi connectivity index (χ2n) is 9.78. The van der Waals surface area contributed by atoms with Crippen LogP contribution in [0.3, 0.4) is 0 Å². The SMILES string of the molecule is CCCOC1CCC(C2CCC(C3CCC(CCC)CC3)CC2)C(F)C1F. The van der Waals surface area contributed by atoms with Crippen LogP contribution in [0, 0.1) is 29.6 Å². The lowest BCUT2D eigenvalue weighted by atomic mass is 9.65. The molecular weight excluding hydrogens is 342 g/mol. The van der Waals surface area contributed by atoms with Crippen molar-refractivity contribution in [2.45, 2.75) is 116 Å². The van der Waals surface area contributed by atoms with Crippen LogP contribution >= 0.6 is 0 Å². The van der Waals surface area contributed by atoms with Gasteiger partial charge in [-0.05, 0) is 87.4 Å². The van der Waals surface area contributed by atoms with Crippen molar-refractivity contribution in [3.63, 3.8) is 0 Å². The van der Waals surface area contributed by atoms with E-state index in [9.17, 15) is 8.78 Å². The molecule has 0 aromatic rings. The van der Waals surface area contributed by atoms with Gasteiger partial charge < -0.3 is 4.74 Å². The zero-order chi connectivity index (χ0) is 19.2. The Balaban J connectivity index is 1.43. The first-order chi connectivity index (χ1) is 13.1. The Bertz CT molecular complexity index is 413. The molecule has 1 nitrogen and oxygen atoms in total. The summed E-state index contributed by atoms with van der Waals surface area (Å²) >= 11 is 0. The van der Waals surface area contributed by atoms with E-state index in [1.165, 1.54) is 51.4 Å². The van der Waals surface area contributed by atoms with E-state index < -0.39 is 18.4 Å². The van der Waals surface area contributed by atoms with E-state index in [0.717, 1.165) is 43.4 Å². The van der Waals surface area contributed by atoms with Crippen molar-refractivity contribution < 1.29 is 13.5 Å². The van der Waals surface area contributed by atoms with E-state index in [0.29, 0.717) is 18.9 Å². The van der Waals surface area contributed by atoms with Gasteiger partial charge in [0, 0.05) is 6.61 Å². The van der Waals surface area contributed by atoms with Gasteiger partial charge in [0.15, 0.2) is 6.17 Å². The van der Waals surface area contributed by atoms with E-state index in [1.54, 1.807) is 0 Å². The molecule has 3 aliphatic carbocycles. The number of hydrogen-bond acceptors (Lipinski definition) is 1. The third-order valence-corrected chi connectivity index (χ3v) is 8.07. The Morgan fingerprint density at radius 3 is 1.85 bits per heavy atom. The average Bonchev–Trinajstić information content (AvgIpc) is 2.70. The van der Waals surface area contributed by atoms with E-state index in [4.69, 9.17) is 4.74 Å². The van der Waals surface area contributed by atoms with Crippen molar-refractivity contribution >= 4 is 0 Å². The molecule has 3 rings (SSSR count). The monoisotopic (exact) mass is 384 g/mol. The van der Waals surface area contributed by atoms with Gasteiger partial charge in [-0.1, -0.05) is 39.5 Å². The minimum absolute atomic E-state index is 0.0669. The summed E-state index contributed by atoms with van der Waals surface area (Å²) in [6, 6.07) is 0. The Kier molecular flexibility index (Phi) is 8.42. The summed E-state index contributed by atoms with van der Waals surface area (Å²) in [5.41, 5.74) is 0. The highest BCUT2D eigenvalue weighted by Crippen LogP contribution is 2.46. The van der Waals surface area contributed by atoms with Crippen LogP contribution in [-0.4, -0.2) is 25.1 Å². The lowest BCUT2D eigenvalue weighted by molar-refractivity contribution is -0.0879. The van der Waals surface area contributed by atoms with Crippen molar-refractivity contribution in [2.24, 2.45) is 29.6 Å². The molecule has 0 heterocycles. The maximum absolute atomic E-state index is 14.8. The van der Waals surface area contributed by atoms with E-state index in [2.05, 4.69) is 6.92 Å². The number of hydrogen-bond donors (Lipinski definition) is 0. The second-order valence-corrected chi connectivity index (χ2v) is 9.78. The lowest BCUT2D eigenvalue weighted by Gasteiger charge is -2.43. The molecule has 0 N–H and O–H groups in total. The van der Waals surface area contributed by atoms with Gasteiger partial charge >= 0.3 is 0 Å². The molecule has 3 aliphatic rings. The molecule has 0 amide bonds. The predicted molar refractivity (Wildman–Crippen MR) is 108 cm³/mol. The molecule has 4 unspecified atom stereocenters. The molecular formula is C24H42F2O. The first kappa shape index (κ1) is 21.5. The Morgan fingerprint density at radius 1 is 0.667 bits per heavy atom. The summed E-state index contributed by atoms with van der Waals surface area (Å²) in [6.45, 7) is 4.87. The molecule has 0 aliphatic heterocycles. The van der Waals surface area contributed by atoms with Gasteiger partial charge in [0.25, 0.3) is 0 Å². The van der Waals surface area contributed by atoms with E-state index >= 15 is 0 Å². The van der Waals surface area contributed by atoms with Crippen molar-refractivity contribution in [2.75, 3.05) is 6.61 Å². The zero-order valence-electron chi connectivity index (χ0n) is 17.7. The fraction of sp³-hybridized carbons (Fsp3) is 1.00. The standard InChI is InChI=1S/C24H42F2O/c1-3-5-17-6-8-18(9-7-17)19-10-12-20(13-11-19)21-14-15-22(27-16-4-2)24(26)23(21)25/h17-24H,3-16H2,1-2H3. The molecule has 158 valence electrons. The molecule has 27 heavy (non-hydrogen) atoms. The Morgan fingerprint density at radius 2 is 1.26 bits per heavy atom. The summed E-state index contributed by atoms with van der Waals surface area (Å²) in [5.74, 6) is 3.07. The lowest BCUT2D eigenvalue weighted by Crippen LogP contribution is -2.46. The minimum Gasteiger partial charge on any atom is -0.375 e. The van der Waals surface area contributed by atoms with Crippen molar-refractivity contribution in [1.29, 1.82) is 0 Å². The molecule has 0 radical (unpaired) electrons. The zero-order valence-corrected chi connectivity index (χ0v) is 17.7.